The zero-order chi connectivity index (χ0) is 15.4. The summed E-state index contributed by atoms with van der Waals surface area (Å²) >= 11 is 0. The normalized spacial score (nSPS) is 27.6. The van der Waals surface area contributed by atoms with Gasteiger partial charge in [0.2, 0.25) is 0 Å². The molecule has 0 saturated heterocycles. The Morgan fingerprint density at radius 1 is 1.24 bits per heavy atom. The van der Waals surface area contributed by atoms with E-state index in [1.165, 1.54) is 19.3 Å². The van der Waals surface area contributed by atoms with Crippen LogP contribution in [0, 0.1) is 17.8 Å². The van der Waals surface area contributed by atoms with E-state index < -0.39 is 0 Å². The molecule has 1 aromatic carbocycles. The van der Waals surface area contributed by atoms with Crippen LogP contribution in [0.5, 0.6) is 5.75 Å². The van der Waals surface area contributed by atoms with Crippen molar-refractivity contribution in [2.24, 2.45) is 23.5 Å². The van der Waals surface area contributed by atoms with Gasteiger partial charge in [0.15, 0.2) is 0 Å². The molecule has 4 atom stereocenters. The topological polar surface area (TPSA) is 35.2 Å². The molecule has 3 unspecified atom stereocenters. The maximum absolute atomic E-state index is 6.47. The van der Waals surface area contributed by atoms with Gasteiger partial charge in [-0.3, -0.25) is 0 Å². The molecular weight excluding hydrogens is 258 g/mol. The lowest BCUT2D eigenvalue weighted by atomic mass is 9.75. The summed E-state index contributed by atoms with van der Waals surface area (Å²) in [6.45, 7) is 9.11. The summed E-state index contributed by atoms with van der Waals surface area (Å²) in [4.78, 5) is 0. The molecule has 1 aliphatic carbocycles. The SMILES string of the molecule is CC[C@@H](N)c1ccccc1OC1CC(C)CCC1C(C)C. The lowest BCUT2D eigenvalue weighted by Crippen LogP contribution is -2.36. The average Bonchev–Trinajstić information content (AvgIpc) is 2.47. The Labute approximate surface area is 130 Å². The van der Waals surface area contributed by atoms with Crippen molar-refractivity contribution < 1.29 is 4.74 Å². The number of hydrogen-bond acceptors (Lipinski definition) is 2. The molecule has 1 saturated carbocycles. The molecule has 0 bridgehead atoms. The highest BCUT2D eigenvalue weighted by atomic mass is 16.5. The number of para-hydroxylation sites is 1. The minimum atomic E-state index is 0.0692. The highest BCUT2D eigenvalue weighted by Gasteiger charge is 2.32. The van der Waals surface area contributed by atoms with Crippen molar-refractivity contribution in [1.82, 2.24) is 0 Å². The molecule has 0 heterocycles. The van der Waals surface area contributed by atoms with Crippen molar-refractivity contribution in [3.63, 3.8) is 0 Å². The molecule has 1 fully saturated rings. The predicted octanol–water partition coefficient (Wildman–Crippen LogP) is 4.94. The smallest absolute Gasteiger partial charge is 0.124 e. The Morgan fingerprint density at radius 3 is 2.62 bits per heavy atom. The maximum atomic E-state index is 6.47. The van der Waals surface area contributed by atoms with Gasteiger partial charge in [-0.2, -0.15) is 0 Å². The van der Waals surface area contributed by atoms with Gasteiger partial charge in [-0.15, -0.1) is 0 Å². The first kappa shape index (κ1) is 16.4. The number of benzene rings is 1. The lowest BCUT2D eigenvalue weighted by Gasteiger charge is -2.37. The minimum absolute atomic E-state index is 0.0692. The minimum Gasteiger partial charge on any atom is -0.490 e. The fourth-order valence-electron chi connectivity index (χ4n) is 3.53. The van der Waals surface area contributed by atoms with Gasteiger partial charge >= 0.3 is 0 Å². The summed E-state index contributed by atoms with van der Waals surface area (Å²) in [5.41, 5.74) is 7.40. The Kier molecular flexibility index (Phi) is 5.69. The van der Waals surface area contributed by atoms with Crippen LogP contribution in [0.15, 0.2) is 24.3 Å². The van der Waals surface area contributed by atoms with Crippen molar-refractivity contribution in [3.05, 3.63) is 29.8 Å². The summed E-state index contributed by atoms with van der Waals surface area (Å²) in [6.07, 6.45) is 5.05. The number of ether oxygens (including phenoxy) is 1. The fourth-order valence-corrected chi connectivity index (χ4v) is 3.53. The first-order valence-corrected chi connectivity index (χ1v) is 8.54. The van der Waals surface area contributed by atoms with Crippen molar-refractivity contribution in [3.8, 4) is 5.75 Å². The van der Waals surface area contributed by atoms with Gasteiger partial charge in [0.1, 0.15) is 11.9 Å². The third-order valence-electron chi connectivity index (χ3n) is 5.00. The van der Waals surface area contributed by atoms with Crippen LogP contribution in [-0.2, 0) is 0 Å². The van der Waals surface area contributed by atoms with Gasteiger partial charge in [0, 0.05) is 11.6 Å². The van der Waals surface area contributed by atoms with E-state index in [-0.39, 0.29) is 6.04 Å². The second-order valence-corrected chi connectivity index (χ2v) is 7.03. The Morgan fingerprint density at radius 2 is 1.95 bits per heavy atom. The molecule has 2 rings (SSSR count). The Bertz CT molecular complexity index is 443. The van der Waals surface area contributed by atoms with Gasteiger partial charge in [-0.05, 0) is 43.1 Å². The molecule has 0 spiro atoms. The second kappa shape index (κ2) is 7.31. The van der Waals surface area contributed by atoms with Crippen LogP contribution in [0.25, 0.3) is 0 Å². The third kappa shape index (κ3) is 4.00. The molecule has 21 heavy (non-hydrogen) atoms. The van der Waals surface area contributed by atoms with Crippen molar-refractivity contribution >= 4 is 0 Å². The zero-order valence-corrected chi connectivity index (χ0v) is 14.0. The van der Waals surface area contributed by atoms with E-state index in [0.717, 1.165) is 23.7 Å². The van der Waals surface area contributed by atoms with E-state index in [1.54, 1.807) is 0 Å². The van der Waals surface area contributed by atoms with Crippen LogP contribution in [0.4, 0.5) is 0 Å². The van der Waals surface area contributed by atoms with E-state index >= 15 is 0 Å². The van der Waals surface area contributed by atoms with Crippen LogP contribution in [-0.4, -0.2) is 6.10 Å². The van der Waals surface area contributed by atoms with Crippen molar-refractivity contribution in [2.75, 3.05) is 0 Å². The molecule has 1 aliphatic rings. The van der Waals surface area contributed by atoms with Crippen LogP contribution >= 0.6 is 0 Å². The van der Waals surface area contributed by atoms with Gasteiger partial charge < -0.3 is 10.5 Å². The summed E-state index contributed by atoms with van der Waals surface area (Å²) in [7, 11) is 0. The Hall–Kier alpha value is -1.02. The summed E-state index contributed by atoms with van der Waals surface area (Å²) in [6, 6.07) is 8.38. The molecular formula is C19H31NO. The monoisotopic (exact) mass is 289 g/mol. The zero-order valence-electron chi connectivity index (χ0n) is 14.0. The van der Waals surface area contributed by atoms with Crippen LogP contribution in [0.3, 0.4) is 0 Å². The summed E-state index contributed by atoms with van der Waals surface area (Å²) in [5.74, 6) is 3.09. The predicted molar refractivity (Wildman–Crippen MR) is 89.4 cm³/mol. The number of rotatable bonds is 5. The fraction of sp³-hybridized carbons (Fsp3) is 0.684. The van der Waals surface area contributed by atoms with Gasteiger partial charge in [-0.25, -0.2) is 0 Å². The number of nitrogens with two attached hydrogens (primary N) is 1. The van der Waals surface area contributed by atoms with E-state index in [2.05, 4.69) is 52.0 Å². The summed E-state index contributed by atoms with van der Waals surface area (Å²) in [5, 5.41) is 0. The average molecular weight is 289 g/mol. The first-order chi connectivity index (χ1) is 10.0. The lowest BCUT2D eigenvalue weighted by molar-refractivity contribution is 0.0450. The van der Waals surface area contributed by atoms with E-state index in [4.69, 9.17) is 10.5 Å². The second-order valence-electron chi connectivity index (χ2n) is 7.03. The van der Waals surface area contributed by atoms with Crippen molar-refractivity contribution in [2.45, 2.75) is 65.5 Å². The van der Waals surface area contributed by atoms with Gasteiger partial charge in [0.05, 0.1) is 0 Å². The standard InChI is InChI=1S/C19H31NO/c1-5-17(20)16-8-6-7-9-18(16)21-19-12-14(4)10-11-15(19)13(2)3/h6-9,13-15,17,19H,5,10-12,20H2,1-4H3/t14?,15?,17-,19?/m1/s1. The van der Waals surface area contributed by atoms with Gasteiger partial charge in [0.25, 0.3) is 0 Å². The molecule has 2 heteroatoms. The van der Waals surface area contributed by atoms with Crippen LogP contribution in [0.2, 0.25) is 0 Å². The largest absolute Gasteiger partial charge is 0.490 e. The van der Waals surface area contributed by atoms with Crippen molar-refractivity contribution in [1.29, 1.82) is 0 Å². The third-order valence-corrected chi connectivity index (χ3v) is 5.00. The van der Waals surface area contributed by atoms with E-state index in [0.29, 0.717) is 17.9 Å². The molecule has 118 valence electrons. The first-order valence-electron chi connectivity index (χ1n) is 8.54. The van der Waals surface area contributed by atoms with E-state index in [1.807, 2.05) is 0 Å². The molecule has 0 radical (unpaired) electrons. The van der Waals surface area contributed by atoms with Crippen LogP contribution in [0.1, 0.15) is 65.0 Å². The highest BCUT2D eigenvalue weighted by Crippen LogP contribution is 2.37. The maximum Gasteiger partial charge on any atom is 0.124 e. The quantitative estimate of drug-likeness (QED) is 0.833. The van der Waals surface area contributed by atoms with E-state index in [9.17, 15) is 0 Å². The Balaban J connectivity index is 2.19. The van der Waals surface area contributed by atoms with Gasteiger partial charge in [-0.1, -0.05) is 52.3 Å². The molecule has 0 aliphatic heterocycles. The summed E-state index contributed by atoms with van der Waals surface area (Å²) < 4.78 is 6.47. The highest BCUT2D eigenvalue weighted by molar-refractivity contribution is 5.36. The molecule has 2 N–H and O–H groups in total. The molecule has 0 aromatic heterocycles. The molecule has 1 aromatic rings. The van der Waals surface area contributed by atoms with Crippen LogP contribution < -0.4 is 10.5 Å². The molecule has 2 nitrogen and oxygen atoms in total. The molecule has 0 amide bonds. The number of hydrogen-bond donors (Lipinski definition) is 1.